The van der Waals surface area contributed by atoms with Crippen molar-refractivity contribution in [3.05, 3.63) is 231 Å². The van der Waals surface area contributed by atoms with E-state index in [-0.39, 0.29) is 17.5 Å². The van der Waals surface area contributed by atoms with E-state index < -0.39 is 5.82 Å². The summed E-state index contributed by atoms with van der Waals surface area (Å²) >= 11 is 1.73. The van der Waals surface area contributed by atoms with Crippen LogP contribution in [-0.2, 0) is 19.9 Å². The second kappa shape index (κ2) is 35.6. The van der Waals surface area contributed by atoms with E-state index in [2.05, 4.69) is 149 Å². The molecule has 0 radical (unpaired) electrons. The molecule has 0 spiro atoms. The van der Waals surface area contributed by atoms with Crippen LogP contribution in [-0.4, -0.2) is 106 Å². The molecule has 22 nitrogen and oxygen atoms in total. The Morgan fingerprint density at radius 2 is 0.784 bits per heavy atom. The summed E-state index contributed by atoms with van der Waals surface area (Å²) in [7, 11) is 2.01. The van der Waals surface area contributed by atoms with Gasteiger partial charge < -0.3 is 39.6 Å². The van der Waals surface area contributed by atoms with Crippen LogP contribution in [0.25, 0.3) is 155 Å². The van der Waals surface area contributed by atoms with Crippen molar-refractivity contribution in [3.63, 3.8) is 0 Å². The monoisotopic (exact) mass is 1810 g/mol. The number of hydrogen-bond acceptors (Lipinski definition) is 18. The third-order valence-electron chi connectivity index (χ3n) is 31.8. The Kier molecular flexibility index (Phi) is 22.6. The van der Waals surface area contributed by atoms with Gasteiger partial charge >= 0.3 is 0 Å². The highest BCUT2D eigenvalue weighted by atomic mass is 32.1. The van der Waals surface area contributed by atoms with Gasteiger partial charge in [-0.15, -0.1) is 11.3 Å². The van der Waals surface area contributed by atoms with Gasteiger partial charge in [0.2, 0.25) is 0 Å². The van der Waals surface area contributed by atoms with Crippen LogP contribution in [0.3, 0.4) is 0 Å². The molecule has 12 fully saturated rings. The minimum absolute atomic E-state index is 0.357. The zero-order valence-electron chi connectivity index (χ0n) is 75.5. The van der Waals surface area contributed by atoms with E-state index in [1.54, 1.807) is 29.9 Å². The number of hydrogen-bond donors (Lipinski definition) is 6. The summed E-state index contributed by atoms with van der Waals surface area (Å²) < 4.78 is 65.4. The van der Waals surface area contributed by atoms with Crippen molar-refractivity contribution in [2.75, 3.05) is 10.6 Å². The lowest BCUT2D eigenvalue weighted by Crippen LogP contribution is -2.47. The van der Waals surface area contributed by atoms with Gasteiger partial charge in [0.15, 0.2) is 29.1 Å². The quantitative estimate of drug-likeness (QED) is 0.0490. The Hall–Kier alpha value is -13.3. The Balaban J connectivity index is 0.000000101. The van der Waals surface area contributed by atoms with Crippen LogP contribution in [0.2, 0.25) is 0 Å². The van der Waals surface area contributed by atoms with E-state index >= 15 is 0 Å². The lowest BCUT2D eigenvalue weighted by atomic mass is 9.58. The van der Waals surface area contributed by atoms with Crippen molar-refractivity contribution in [2.24, 2.45) is 89.9 Å². The van der Waals surface area contributed by atoms with Crippen LogP contribution in [0.4, 0.5) is 29.2 Å². The van der Waals surface area contributed by atoms with Gasteiger partial charge in [-0.3, -0.25) is 0 Å². The number of para-hydroxylation sites is 1. The van der Waals surface area contributed by atoms with Gasteiger partial charge in [0.1, 0.15) is 75.1 Å². The number of aromatic amines is 4. The van der Waals surface area contributed by atoms with E-state index in [9.17, 15) is 17.6 Å². The number of H-pyrrole nitrogens is 4. The van der Waals surface area contributed by atoms with Crippen LogP contribution < -0.4 is 10.6 Å². The van der Waals surface area contributed by atoms with Gasteiger partial charge in [0.05, 0.1) is 46.7 Å². The normalized spacial score (nSPS) is 24.3. The SMILES string of the molecule is CC1C2CCC(CC2)C1Cc1cc(-c2ccn(C)c2)nc(-c2c[nH]c3ncc(F)cc23)n1.CC1C2CCC(CC2)C1Cc1cc(-c2cncnc2)nc(-c2c[nH]c3ncc(F)cc23)n1.CC1C2CCC(CC2)C1Nc1cc(-c2cc3ccccc3o2)nc(-c2c[nH]c3ncc(F)cc23)n1.CC1C2CCC(CC2)C1Nc1cc(-c2cc3ccccc3s2)nc(-c2c[nH]c3ncc(F)cc23)n1. The molecule has 8 unspecified atom stereocenters. The Morgan fingerprint density at radius 1 is 0.388 bits per heavy atom. The summed E-state index contributed by atoms with van der Waals surface area (Å²) in [5.41, 5.74) is 13.6. The first-order valence-corrected chi connectivity index (χ1v) is 48.7. The van der Waals surface area contributed by atoms with E-state index in [1.165, 1.54) is 168 Å². The molecule has 30 rings (SSSR count). The predicted octanol–water partition coefficient (Wildman–Crippen LogP) is 25.1. The number of rotatable bonds is 16. The van der Waals surface area contributed by atoms with Crippen LogP contribution in [0.1, 0.15) is 142 Å². The zero-order chi connectivity index (χ0) is 90.5. The predicted molar refractivity (Wildman–Crippen MR) is 517 cm³/mol. The molecule has 16 heterocycles. The van der Waals surface area contributed by atoms with Gasteiger partial charge in [0, 0.05) is 157 Å². The molecule has 8 atom stereocenters. The van der Waals surface area contributed by atoms with E-state index in [1.807, 2.05) is 72.8 Å². The summed E-state index contributed by atoms with van der Waals surface area (Å²) in [6.45, 7) is 9.61. The van der Waals surface area contributed by atoms with Crippen molar-refractivity contribution in [3.8, 4) is 90.1 Å². The second-order valence-corrected chi connectivity index (χ2v) is 40.4. The van der Waals surface area contributed by atoms with E-state index in [0.29, 0.717) is 132 Å². The Morgan fingerprint density at radius 3 is 1.22 bits per heavy atom. The van der Waals surface area contributed by atoms with Crippen molar-refractivity contribution in [1.29, 1.82) is 0 Å². The highest BCUT2D eigenvalue weighted by Gasteiger charge is 2.46. The third kappa shape index (κ3) is 16.7. The van der Waals surface area contributed by atoms with Crippen LogP contribution in [0.15, 0.2) is 200 Å². The molecule has 8 bridgehead atoms. The van der Waals surface area contributed by atoms with Gasteiger partial charge in [-0.05, 0) is 271 Å². The average molecular weight is 1810 g/mol. The summed E-state index contributed by atoms with van der Waals surface area (Å²) in [4.78, 5) is 78.1. The third-order valence-corrected chi connectivity index (χ3v) is 32.9. The first kappa shape index (κ1) is 84.9. The largest absolute Gasteiger partial charge is 0.454 e. The lowest BCUT2D eigenvalue weighted by Gasteiger charge is -2.47. The minimum atomic E-state index is -0.391. The smallest absolute Gasteiger partial charge is 0.164 e. The number of aryl methyl sites for hydroxylation is 1. The fourth-order valence-electron chi connectivity index (χ4n) is 24.5. The second-order valence-electron chi connectivity index (χ2n) is 39.3. The lowest BCUT2D eigenvalue weighted by molar-refractivity contribution is 0.0339. The molecule has 6 N–H and O–H groups in total. The molecule has 134 heavy (non-hydrogen) atoms. The molecule has 678 valence electrons. The number of fused-ring (bicyclic) bond motifs is 18. The van der Waals surface area contributed by atoms with Gasteiger partial charge in [-0.2, -0.15) is 0 Å². The van der Waals surface area contributed by atoms with Crippen LogP contribution >= 0.6 is 11.3 Å². The maximum Gasteiger partial charge on any atom is 0.164 e. The van der Waals surface area contributed by atoms with Crippen molar-refractivity contribution >= 4 is 88.2 Å². The molecule has 27 heteroatoms. The topological polar surface area (TPSA) is 286 Å². The molecule has 12 aliphatic rings. The number of thiophene rings is 1. The van der Waals surface area contributed by atoms with Crippen molar-refractivity contribution in [1.82, 2.24) is 94.3 Å². The summed E-state index contributed by atoms with van der Waals surface area (Å²) in [5.74, 6) is 13.3. The molecule has 12 saturated carbocycles. The number of anilines is 2. The maximum atomic E-state index is 14.1. The number of aromatic nitrogens is 19. The first-order valence-electron chi connectivity index (χ1n) is 47.9. The van der Waals surface area contributed by atoms with Crippen molar-refractivity contribution in [2.45, 2.75) is 155 Å². The average Bonchev–Trinajstić information content (AvgIpc) is 0.908. The zero-order valence-corrected chi connectivity index (χ0v) is 76.3. The fourth-order valence-corrected chi connectivity index (χ4v) is 25.5. The van der Waals surface area contributed by atoms with Gasteiger partial charge in [-0.25, -0.2) is 87.3 Å². The molecule has 0 saturated heterocycles. The Bertz CT molecular complexity index is 7060. The molecule has 2 aromatic carbocycles. The molecular weight excluding hydrogens is 1700 g/mol. The number of furan rings is 1. The molecule has 18 aromatic rings. The van der Waals surface area contributed by atoms with Crippen LogP contribution in [0, 0.1) is 106 Å². The van der Waals surface area contributed by atoms with Gasteiger partial charge in [-0.1, -0.05) is 64.1 Å². The fraction of sp³-hybridized carbons (Fsp3) is 0.364. The number of nitrogens with zero attached hydrogens (tertiary/aromatic N) is 15. The Labute approximate surface area is 776 Å². The molecule has 0 aliphatic heterocycles. The number of nitrogens with one attached hydrogen (secondary N) is 6. The number of pyridine rings is 4. The molecule has 16 aromatic heterocycles. The van der Waals surface area contributed by atoms with Crippen molar-refractivity contribution < 1.29 is 22.0 Å². The maximum absolute atomic E-state index is 14.1. The van der Waals surface area contributed by atoms with Crippen LogP contribution in [0.5, 0.6) is 0 Å². The summed E-state index contributed by atoms with van der Waals surface area (Å²) in [6.07, 6.45) is 44.6. The molecule has 0 amide bonds. The first-order chi connectivity index (χ1) is 65.4. The molecular formula is C107H105F4N21OS. The summed E-state index contributed by atoms with van der Waals surface area (Å²) in [5, 5.41) is 12.6. The summed E-state index contributed by atoms with van der Waals surface area (Å²) in [6, 6.07) is 37.7. The van der Waals surface area contributed by atoms with E-state index in [4.69, 9.17) is 44.3 Å². The molecule has 12 aliphatic carbocycles. The number of benzene rings is 2. The number of halogens is 4. The standard InChI is InChI=1S/C28H26FN5O.C28H26FN5S.C26H28FN5.C25H25FN6/c2*1-15-16-6-8-17(9-7-16)26(15)33-25-12-22(24-10-18-4-2-3-5-23(18)35-24)32-28(34-25)21-14-31-27-20(21)11-19(29)13-30-27;1-15-16-3-5-17(6-4-16)21(15)10-20-11-24(18-7-8-32(2)14-18)31-26(30-20)23-13-29-25-22(23)9-19(27)12-28-25;1-14-15-2-4-16(5-3-15)20(14)7-19-8-23(17-9-27-13-28-10-17)32-25(31-19)22-12-30-24-21(22)6-18(26)11-29-24/h2*2-5,10-17,26H,6-9H2,1H3,(H,30,31)(H,32,33,34);7-9,11-17,21H,3-6,10H2,1-2H3,(H,28,29);6,8-16,20H,2-5,7H2,1H3,(H,29,30). The highest BCUT2D eigenvalue weighted by molar-refractivity contribution is 7.22. The highest BCUT2D eigenvalue weighted by Crippen LogP contribution is 2.54. The van der Waals surface area contributed by atoms with E-state index in [0.717, 1.165) is 144 Å². The minimum Gasteiger partial charge on any atom is -0.454 e. The van der Waals surface area contributed by atoms with Gasteiger partial charge in [0.25, 0.3) is 0 Å².